The van der Waals surface area contributed by atoms with E-state index in [0.29, 0.717) is 0 Å². The molecule has 71 heavy (non-hydrogen) atoms. The Morgan fingerprint density at radius 3 is 1.69 bits per heavy atom. The van der Waals surface area contributed by atoms with Crippen molar-refractivity contribution in [2.75, 3.05) is 5.32 Å². The molecule has 5 aliphatic carbocycles. The summed E-state index contributed by atoms with van der Waals surface area (Å²) in [5, 5.41) is 3.91. The van der Waals surface area contributed by atoms with Crippen LogP contribution in [0.25, 0.3) is 33.4 Å². The summed E-state index contributed by atoms with van der Waals surface area (Å²) in [7, 11) is 0. The SMILES string of the molecule is C=C/C=C1\C(=C/Nc2ccc3c(c2)C2(C4=C(CCC=C4)c4ccccc42)c2ccccc2-3)C(/C(=C/C=C)CCC)(c2ccccc2)c2ccccc21.CC.CC.CC1(C)c2ccccc2-c2ccccc21. The van der Waals surface area contributed by atoms with Crippen LogP contribution in [-0.2, 0) is 16.2 Å². The minimum absolute atomic E-state index is 0.160. The molecule has 1 nitrogen and oxygen atoms in total. The fraction of sp³-hybridized carbons (Fsp3) is 0.200. The minimum Gasteiger partial charge on any atom is -0.361 e. The summed E-state index contributed by atoms with van der Waals surface area (Å²) < 4.78 is 0. The Hall–Kier alpha value is -7.48. The highest BCUT2D eigenvalue weighted by Crippen LogP contribution is 2.64. The van der Waals surface area contributed by atoms with Gasteiger partial charge in [0.05, 0.1) is 10.8 Å². The van der Waals surface area contributed by atoms with Crippen LogP contribution in [0.1, 0.15) is 124 Å². The van der Waals surface area contributed by atoms with E-state index in [0.717, 1.165) is 31.4 Å². The molecule has 0 amide bonds. The first-order valence-corrected chi connectivity index (χ1v) is 26.1. The van der Waals surface area contributed by atoms with Gasteiger partial charge in [0.25, 0.3) is 0 Å². The zero-order valence-corrected chi connectivity index (χ0v) is 42.9. The summed E-state index contributed by atoms with van der Waals surface area (Å²) in [6.45, 7) is 23.2. The van der Waals surface area contributed by atoms with Crippen LogP contribution in [0.3, 0.4) is 0 Å². The number of fused-ring (bicyclic) bond motifs is 13. The van der Waals surface area contributed by atoms with Gasteiger partial charge in [0.2, 0.25) is 0 Å². The number of hydrogen-bond donors (Lipinski definition) is 1. The molecule has 0 aromatic heterocycles. The van der Waals surface area contributed by atoms with Gasteiger partial charge in [-0.15, -0.1) is 0 Å². The molecule has 2 atom stereocenters. The number of nitrogens with one attached hydrogen (secondary N) is 1. The second kappa shape index (κ2) is 20.5. The first-order chi connectivity index (χ1) is 34.9. The Kier molecular flexibility index (Phi) is 14.0. The summed E-state index contributed by atoms with van der Waals surface area (Å²) in [6.07, 6.45) is 19.5. The Labute approximate surface area is 425 Å². The van der Waals surface area contributed by atoms with Crippen molar-refractivity contribution < 1.29 is 0 Å². The Morgan fingerprint density at radius 2 is 1.08 bits per heavy atom. The third-order valence-corrected chi connectivity index (χ3v) is 15.3. The van der Waals surface area contributed by atoms with Gasteiger partial charge in [-0.1, -0.05) is 268 Å². The normalized spacial score (nSPS) is 19.8. The van der Waals surface area contributed by atoms with Crippen molar-refractivity contribution in [1.82, 2.24) is 0 Å². The second-order valence-corrected chi connectivity index (χ2v) is 19.0. The zero-order chi connectivity index (χ0) is 49.8. The highest BCUT2D eigenvalue weighted by molar-refractivity contribution is 5.98. The van der Waals surface area contributed by atoms with E-state index < -0.39 is 5.41 Å². The van der Waals surface area contributed by atoms with Crippen molar-refractivity contribution in [3.8, 4) is 22.3 Å². The topological polar surface area (TPSA) is 12.0 Å². The molecule has 0 saturated carbocycles. The lowest BCUT2D eigenvalue weighted by atomic mass is 9.66. The largest absolute Gasteiger partial charge is 0.361 e. The van der Waals surface area contributed by atoms with Gasteiger partial charge < -0.3 is 5.32 Å². The molecule has 0 saturated heterocycles. The van der Waals surface area contributed by atoms with Crippen molar-refractivity contribution in [3.63, 3.8) is 0 Å². The number of allylic oxidation sites excluding steroid dienone is 11. The molecule has 0 bridgehead atoms. The van der Waals surface area contributed by atoms with E-state index in [1.807, 2.05) is 39.8 Å². The van der Waals surface area contributed by atoms with E-state index in [9.17, 15) is 0 Å². The zero-order valence-electron chi connectivity index (χ0n) is 42.9. The molecule has 0 aliphatic heterocycles. The Bertz CT molecular complexity index is 3240. The van der Waals surface area contributed by atoms with Crippen molar-refractivity contribution in [2.24, 2.45) is 0 Å². The second-order valence-electron chi connectivity index (χ2n) is 19.0. The highest BCUT2D eigenvalue weighted by Gasteiger charge is 2.53. The number of benzene rings is 7. The third kappa shape index (κ3) is 7.61. The lowest BCUT2D eigenvalue weighted by molar-refractivity contribution is 0.660. The molecule has 0 fully saturated rings. The van der Waals surface area contributed by atoms with Crippen LogP contribution in [0.4, 0.5) is 5.69 Å². The van der Waals surface area contributed by atoms with Gasteiger partial charge in [0.15, 0.2) is 0 Å². The van der Waals surface area contributed by atoms with Gasteiger partial charge in [-0.05, 0) is 126 Å². The molecule has 1 heteroatoms. The smallest absolute Gasteiger partial charge is 0.0722 e. The molecule has 0 heterocycles. The predicted molar refractivity (Wildman–Crippen MR) is 307 cm³/mol. The van der Waals surface area contributed by atoms with E-state index in [-0.39, 0.29) is 10.8 Å². The van der Waals surface area contributed by atoms with Gasteiger partial charge in [0, 0.05) is 17.3 Å². The van der Waals surface area contributed by atoms with Crippen LogP contribution < -0.4 is 5.32 Å². The van der Waals surface area contributed by atoms with E-state index in [1.165, 1.54) is 100 Å². The molecule has 2 unspecified atom stereocenters. The van der Waals surface area contributed by atoms with Gasteiger partial charge in [0.1, 0.15) is 0 Å². The van der Waals surface area contributed by atoms with Crippen molar-refractivity contribution >= 4 is 16.8 Å². The third-order valence-electron chi connectivity index (χ3n) is 15.3. The van der Waals surface area contributed by atoms with Crippen LogP contribution in [0.2, 0.25) is 0 Å². The maximum Gasteiger partial charge on any atom is 0.0722 e. The highest BCUT2D eigenvalue weighted by atomic mass is 14.8. The fourth-order valence-electron chi connectivity index (χ4n) is 12.6. The molecule has 0 radical (unpaired) electrons. The maximum absolute atomic E-state index is 4.19. The quantitative estimate of drug-likeness (QED) is 0.150. The molecule has 12 rings (SSSR count). The number of rotatable bonds is 8. The average molecular weight is 924 g/mol. The van der Waals surface area contributed by atoms with Crippen LogP contribution in [-0.4, -0.2) is 0 Å². The number of anilines is 1. The molecule has 1 spiro atoms. The van der Waals surface area contributed by atoms with Crippen LogP contribution in [0.15, 0.2) is 242 Å². The first kappa shape index (κ1) is 48.5. The fourth-order valence-corrected chi connectivity index (χ4v) is 12.6. The van der Waals surface area contributed by atoms with Crippen molar-refractivity contribution in [2.45, 2.75) is 90.4 Å². The molecular formula is C70H69N. The van der Waals surface area contributed by atoms with Gasteiger partial charge >= 0.3 is 0 Å². The van der Waals surface area contributed by atoms with Crippen molar-refractivity contribution in [1.29, 1.82) is 0 Å². The van der Waals surface area contributed by atoms with Crippen LogP contribution in [0, 0.1) is 0 Å². The molecule has 354 valence electrons. The molecular weight excluding hydrogens is 855 g/mol. The Balaban J connectivity index is 0.000000276. The minimum atomic E-state index is -0.505. The molecule has 7 aromatic carbocycles. The first-order valence-electron chi connectivity index (χ1n) is 26.1. The summed E-state index contributed by atoms with van der Waals surface area (Å²) in [4.78, 5) is 0. The van der Waals surface area contributed by atoms with Gasteiger partial charge in [-0.25, -0.2) is 0 Å². The summed E-state index contributed by atoms with van der Waals surface area (Å²) >= 11 is 0. The van der Waals surface area contributed by atoms with E-state index >= 15 is 0 Å². The lowest BCUT2D eigenvalue weighted by Gasteiger charge is -2.36. The monoisotopic (exact) mass is 924 g/mol. The van der Waals surface area contributed by atoms with Gasteiger partial charge in [-0.2, -0.15) is 0 Å². The maximum atomic E-state index is 4.19. The predicted octanol–water partition coefficient (Wildman–Crippen LogP) is 18.9. The average Bonchev–Trinajstić information content (AvgIpc) is 4.08. The summed E-state index contributed by atoms with van der Waals surface area (Å²) in [5.41, 5.74) is 24.7. The standard InChI is InChI=1S/C51H43N.C15H14.2C2H6/c1-4-18-35(19-5-2)50(36-21-8-7-9-22-36)44-27-14-10-23-39(44)38(20-6-3)49(50)34-52-37-31-32-43-42-26-13-17-30-47(42)51(48(43)33-37)45-28-15-11-24-40(45)41-25-12-16-29-46(41)51;1-15(2)13-9-5-3-7-11(13)12-8-4-6-10-14(12)15;2*1-2/h4,6-11,13-18,20-24,26-34,52H,1,3,5,12,19,25H2,2H3;3-10H,1-2H3;2*1-2H3/b35-18+,38-20-,49-34+;;;. The lowest BCUT2D eigenvalue weighted by Crippen LogP contribution is -2.30. The van der Waals surface area contributed by atoms with E-state index in [2.05, 4.69) is 240 Å². The van der Waals surface area contributed by atoms with Crippen molar-refractivity contribution in [3.05, 3.63) is 292 Å². The van der Waals surface area contributed by atoms with Crippen LogP contribution >= 0.6 is 0 Å². The van der Waals surface area contributed by atoms with Crippen LogP contribution in [0.5, 0.6) is 0 Å². The van der Waals surface area contributed by atoms with E-state index in [4.69, 9.17) is 0 Å². The molecule has 5 aliphatic rings. The van der Waals surface area contributed by atoms with E-state index in [1.54, 1.807) is 0 Å². The molecule has 1 N–H and O–H groups in total. The van der Waals surface area contributed by atoms with Gasteiger partial charge in [-0.3, -0.25) is 0 Å². The summed E-state index contributed by atoms with van der Waals surface area (Å²) in [5.74, 6) is 0. The molecule has 7 aromatic rings. The Morgan fingerprint density at radius 1 is 0.563 bits per heavy atom. The number of hydrogen-bond acceptors (Lipinski definition) is 1. The summed E-state index contributed by atoms with van der Waals surface area (Å²) in [6, 6.07) is 62.6.